The van der Waals surface area contributed by atoms with Crippen LogP contribution in [0.4, 0.5) is 0 Å². The number of benzene rings is 2. The summed E-state index contributed by atoms with van der Waals surface area (Å²) in [6.07, 6.45) is 0. The first-order valence-corrected chi connectivity index (χ1v) is 6.70. The van der Waals surface area contributed by atoms with Gasteiger partial charge in [0.2, 0.25) is 0 Å². The molecule has 0 amide bonds. The molecule has 1 aromatic heterocycles. The van der Waals surface area contributed by atoms with E-state index in [-0.39, 0.29) is 0 Å². The van der Waals surface area contributed by atoms with E-state index in [1.54, 1.807) is 0 Å². The van der Waals surface area contributed by atoms with Gasteiger partial charge in [-0.3, -0.25) is 0 Å². The van der Waals surface area contributed by atoms with Gasteiger partial charge in [0.05, 0.1) is 0 Å². The maximum atomic E-state index is 4.04. The van der Waals surface area contributed by atoms with Gasteiger partial charge in [-0.2, -0.15) is 0 Å². The summed E-state index contributed by atoms with van der Waals surface area (Å²) in [5.74, 6) is 6.29. The van der Waals surface area contributed by atoms with Gasteiger partial charge in [0, 0.05) is 22.1 Å². The summed E-state index contributed by atoms with van der Waals surface area (Å²) in [7, 11) is 0. The number of rotatable bonds is 1. The van der Waals surface area contributed by atoms with Gasteiger partial charge in [0.25, 0.3) is 0 Å². The molecule has 0 saturated carbocycles. The van der Waals surface area contributed by atoms with Crippen LogP contribution in [0.5, 0.6) is 0 Å². The second kappa shape index (κ2) is 5.47. The number of nitrogens with zero attached hydrogens (tertiary/aromatic N) is 2. The first kappa shape index (κ1) is 11.6. The van der Waals surface area contributed by atoms with Gasteiger partial charge in [-0.1, -0.05) is 46.7 Å². The number of hydrogen-bond acceptors (Lipinski definition) is 3. The second-order valence-corrected chi connectivity index (χ2v) is 4.59. The predicted octanol–water partition coefficient (Wildman–Crippen LogP) is 3.60. The Kier molecular flexibility index (Phi) is 3.35. The third-order valence-corrected chi connectivity index (χ3v) is 3.17. The Labute approximate surface area is 115 Å². The lowest BCUT2D eigenvalue weighted by atomic mass is 10.1. The SMILES string of the molecule is C(#Cc1ccc(-c2csnn2)cc1)c1ccccc1. The maximum absolute atomic E-state index is 4.04. The first-order valence-electron chi connectivity index (χ1n) is 5.86. The highest BCUT2D eigenvalue weighted by molar-refractivity contribution is 7.03. The molecule has 3 rings (SSSR count). The van der Waals surface area contributed by atoms with E-state index in [1.807, 2.05) is 60.0 Å². The van der Waals surface area contributed by atoms with Crippen molar-refractivity contribution < 1.29 is 0 Å². The second-order valence-electron chi connectivity index (χ2n) is 3.98. The van der Waals surface area contributed by atoms with Gasteiger partial charge in [0.15, 0.2) is 0 Å². The van der Waals surface area contributed by atoms with E-state index in [2.05, 4.69) is 21.4 Å². The lowest BCUT2D eigenvalue weighted by Crippen LogP contribution is -1.80. The predicted molar refractivity (Wildman–Crippen MR) is 77.8 cm³/mol. The van der Waals surface area contributed by atoms with Crippen molar-refractivity contribution in [3.63, 3.8) is 0 Å². The van der Waals surface area contributed by atoms with E-state index in [0.717, 1.165) is 22.4 Å². The third kappa shape index (κ3) is 2.87. The lowest BCUT2D eigenvalue weighted by Gasteiger charge is -1.95. The van der Waals surface area contributed by atoms with Crippen molar-refractivity contribution in [2.24, 2.45) is 0 Å². The molecule has 0 bridgehead atoms. The van der Waals surface area contributed by atoms with Gasteiger partial charge >= 0.3 is 0 Å². The van der Waals surface area contributed by atoms with E-state index in [1.165, 1.54) is 11.5 Å². The molecular weight excluding hydrogens is 252 g/mol. The molecule has 0 aliphatic rings. The van der Waals surface area contributed by atoms with E-state index in [4.69, 9.17) is 0 Å². The normalized spacial score (nSPS) is 9.68. The van der Waals surface area contributed by atoms with Crippen molar-refractivity contribution in [1.82, 2.24) is 9.59 Å². The molecule has 3 heteroatoms. The minimum absolute atomic E-state index is 0.910. The fourth-order valence-electron chi connectivity index (χ4n) is 1.68. The van der Waals surface area contributed by atoms with E-state index in [9.17, 15) is 0 Å². The summed E-state index contributed by atoms with van der Waals surface area (Å²) in [6, 6.07) is 18.0. The van der Waals surface area contributed by atoms with Crippen molar-refractivity contribution in [2.45, 2.75) is 0 Å². The zero-order chi connectivity index (χ0) is 12.9. The van der Waals surface area contributed by atoms with Crippen LogP contribution < -0.4 is 0 Å². The van der Waals surface area contributed by atoms with Gasteiger partial charge in [-0.05, 0) is 35.8 Å². The number of aromatic nitrogens is 2. The van der Waals surface area contributed by atoms with Gasteiger partial charge < -0.3 is 0 Å². The van der Waals surface area contributed by atoms with Crippen molar-refractivity contribution >= 4 is 11.5 Å². The van der Waals surface area contributed by atoms with Crippen LogP contribution in [0.1, 0.15) is 11.1 Å². The highest BCUT2D eigenvalue weighted by atomic mass is 32.1. The van der Waals surface area contributed by atoms with Crippen LogP contribution in [0.3, 0.4) is 0 Å². The molecule has 0 unspecified atom stereocenters. The Hall–Kier alpha value is -2.44. The van der Waals surface area contributed by atoms with Crippen LogP contribution >= 0.6 is 11.5 Å². The fraction of sp³-hybridized carbons (Fsp3) is 0. The molecule has 0 saturated heterocycles. The average Bonchev–Trinajstić information content (AvgIpc) is 3.01. The largest absolute Gasteiger partial charge is 0.138 e. The van der Waals surface area contributed by atoms with Crippen LogP contribution in [-0.2, 0) is 0 Å². The first-order chi connectivity index (χ1) is 9.42. The molecule has 19 heavy (non-hydrogen) atoms. The van der Waals surface area contributed by atoms with E-state index in [0.29, 0.717) is 0 Å². The van der Waals surface area contributed by atoms with Crippen molar-refractivity contribution in [3.8, 4) is 23.1 Å². The Balaban J connectivity index is 1.82. The Bertz CT molecular complexity index is 705. The van der Waals surface area contributed by atoms with Crippen molar-refractivity contribution in [1.29, 1.82) is 0 Å². The summed E-state index contributed by atoms with van der Waals surface area (Å²) < 4.78 is 3.86. The highest BCUT2D eigenvalue weighted by Crippen LogP contribution is 2.17. The number of hydrogen-bond donors (Lipinski definition) is 0. The highest BCUT2D eigenvalue weighted by Gasteiger charge is 1.99. The minimum atomic E-state index is 0.910. The zero-order valence-electron chi connectivity index (χ0n) is 10.1. The molecule has 3 aromatic rings. The van der Waals surface area contributed by atoms with Crippen LogP contribution in [0.15, 0.2) is 60.0 Å². The van der Waals surface area contributed by atoms with Gasteiger partial charge in [-0.25, -0.2) is 0 Å². The average molecular weight is 262 g/mol. The summed E-state index contributed by atoms with van der Waals surface area (Å²) in [5.41, 5.74) is 4.00. The molecule has 0 N–H and O–H groups in total. The summed E-state index contributed by atoms with van der Waals surface area (Å²) in [6.45, 7) is 0. The minimum Gasteiger partial charge on any atom is -0.138 e. The topological polar surface area (TPSA) is 25.8 Å². The van der Waals surface area contributed by atoms with Crippen LogP contribution in [-0.4, -0.2) is 9.59 Å². The van der Waals surface area contributed by atoms with Crippen LogP contribution in [0.2, 0.25) is 0 Å². The fourth-order valence-corrected chi connectivity index (χ4v) is 2.15. The zero-order valence-corrected chi connectivity index (χ0v) is 10.9. The molecular formula is C16H10N2S. The van der Waals surface area contributed by atoms with Crippen molar-refractivity contribution in [3.05, 3.63) is 71.1 Å². The molecule has 90 valence electrons. The monoisotopic (exact) mass is 262 g/mol. The van der Waals surface area contributed by atoms with Gasteiger partial charge in [-0.15, -0.1) is 5.10 Å². The smallest absolute Gasteiger partial charge is 0.105 e. The third-order valence-electron chi connectivity index (χ3n) is 2.67. The summed E-state index contributed by atoms with van der Waals surface area (Å²) in [4.78, 5) is 0. The summed E-state index contributed by atoms with van der Waals surface area (Å²) >= 11 is 1.36. The molecule has 0 atom stereocenters. The molecule has 2 nitrogen and oxygen atoms in total. The van der Waals surface area contributed by atoms with Crippen LogP contribution in [0.25, 0.3) is 11.3 Å². The maximum Gasteiger partial charge on any atom is 0.105 e. The Morgan fingerprint density at radius 3 is 2.11 bits per heavy atom. The molecule has 0 aliphatic carbocycles. The molecule has 2 aromatic carbocycles. The van der Waals surface area contributed by atoms with Crippen LogP contribution in [0, 0.1) is 11.8 Å². The molecule has 0 spiro atoms. The molecule has 0 aliphatic heterocycles. The van der Waals surface area contributed by atoms with Crippen molar-refractivity contribution in [2.75, 3.05) is 0 Å². The van der Waals surface area contributed by atoms with E-state index >= 15 is 0 Å². The molecule has 0 fully saturated rings. The van der Waals surface area contributed by atoms with Gasteiger partial charge in [0.1, 0.15) is 5.69 Å². The quantitative estimate of drug-likeness (QED) is 0.626. The lowest BCUT2D eigenvalue weighted by molar-refractivity contribution is 1.16. The van der Waals surface area contributed by atoms with E-state index < -0.39 is 0 Å². The molecule has 0 radical (unpaired) electrons. The Morgan fingerprint density at radius 1 is 0.789 bits per heavy atom. The molecule has 1 heterocycles. The summed E-state index contributed by atoms with van der Waals surface area (Å²) in [5, 5.41) is 5.98. The standard InChI is InChI=1S/C16H10N2S/c1-2-4-13(5-3-1)6-7-14-8-10-15(11-9-14)16-12-19-18-17-16/h1-5,8-12H. The Morgan fingerprint density at radius 2 is 1.47 bits per heavy atom.